The zero-order valence-electron chi connectivity index (χ0n) is 9.97. The van der Waals surface area contributed by atoms with Crippen LogP contribution >= 0.6 is 0 Å². The first kappa shape index (κ1) is 12.1. The minimum atomic E-state index is 0.102. The molecule has 2 nitrogen and oxygen atoms in total. The van der Waals surface area contributed by atoms with Gasteiger partial charge in [-0.15, -0.1) is 0 Å². The van der Waals surface area contributed by atoms with Gasteiger partial charge in [-0.1, -0.05) is 54.6 Å². The molecule has 0 aromatic heterocycles. The fourth-order valence-corrected chi connectivity index (χ4v) is 1.78. The van der Waals surface area contributed by atoms with Crippen molar-refractivity contribution in [2.75, 3.05) is 0 Å². The summed E-state index contributed by atoms with van der Waals surface area (Å²) in [5, 5.41) is 8.58. The van der Waals surface area contributed by atoms with Gasteiger partial charge >= 0.3 is 0 Å². The van der Waals surface area contributed by atoms with E-state index in [1.165, 1.54) is 0 Å². The van der Waals surface area contributed by atoms with Crippen molar-refractivity contribution in [3.63, 3.8) is 0 Å². The SMILES string of the molecule is N#CCc1ccc(C(=O)Cc2ccccc2)cc1. The van der Waals surface area contributed by atoms with E-state index in [2.05, 4.69) is 6.07 Å². The largest absolute Gasteiger partial charge is 0.294 e. The highest BCUT2D eigenvalue weighted by molar-refractivity contribution is 5.97. The van der Waals surface area contributed by atoms with E-state index in [0.717, 1.165) is 11.1 Å². The lowest BCUT2D eigenvalue weighted by Crippen LogP contribution is -2.03. The maximum absolute atomic E-state index is 12.0. The molecule has 0 bridgehead atoms. The van der Waals surface area contributed by atoms with Gasteiger partial charge in [0.2, 0.25) is 0 Å². The molecule has 0 atom stereocenters. The van der Waals surface area contributed by atoms with Crippen molar-refractivity contribution >= 4 is 5.78 Å². The fourth-order valence-electron chi connectivity index (χ4n) is 1.78. The van der Waals surface area contributed by atoms with Gasteiger partial charge < -0.3 is 0 Å². The Hall–Kier alpha value is -2.40. The van der Waals surface area contributed by atoms with Crippen LogP contribution in [0.3, 0.4) is 0 Å². The van der Waals surface area contributed by atoms with Gasteiger partial charge in [-0.25, -0.2) is 0 Å². The number of benzene rings is 2. The molecule has 18 heavy (non-hydrogen) atoms. The molecular formula is C16H13NO. The number of carbonyl (C=O) groups is 1. The molecule has 0 saturated heterocycles. The molecule has 88 valence electrons. The van der Waals surface area contributed by atoms with Gasteiger partial charge in [-0.2, -0.15) is 5.26 Å². The second-order valence-electron chi connectivity index (χ2n) is 4.12. The van der Waals surface area contributed by atoms with Crippen molar-refractivity contribution in [2.24, 2.45) is 0 Å². The lowest BCUT2D eigenvalue weighted by atomic mass is 10.0. The van der Waals surface area contributed by atoms with Crippen molar-refractivity contribution in [1.82, 2.24) is 0 Å². The molecule has 0 heterocycles. The van der Waals surface area contributed by atoms with Crippen LogP contribution in [0.25, 0.3) is 0 Å². The lowest BCUT2D eigenvalue weighted by molar-refractivity contribution is 0.0993. The molecule has 2 aromatic rings. The first-order valence-corrected chi connectivity index (χ1v) is 5.82. The van der Waals surface area contributed by atoms with E-state index in [1.54, 1.807) is 12.1 Å². The van der Waals surface area contributed by atoms with Crippen LogP contribution in [0.4, 0.5) is 0 Å². The van der Waals surface area contributed by atoms with Gasteiger partial charge in [-0.3, -0.25) is 4.79 Å². The third-order valence-corrected chi connectivity index (χ3v) is 2.77. The summed E-state index contributed by atoms with van der Waals surface area (Å²) in [4.78, 5) is 12.0. The summed E-state index contributed by atoms with van der Waals surface area (Å²) >= 11 is 0. The number of carbonyl (C=O) groups excluding carboxylic acids is 1. The van der Waals surface area contributed by atoms with E-state index >= 15 is 0 Å². The molecule has 0 amide bonds. The topological polar surface area (TPSA) is 40.9 Å². The quantitative estimate of drug-likeness (QED) is 0.764. The summed E-state index contributed by atoms with van der Waals surface area (Å²) in [6.45, 7) is 0. The second-order valence-corrected chi connectivity index (χ2v) is 4.12. The molecule has 0 aliphatic heterocycles. The maximum atomic E-state index is 12.0. The van der Waals surface area contributed by atoms with E-state index in [9.17, 15) is 4.79 Å². The maximum Gasteiger partial charge on any atom is 0.167 e. The summed E-state index contributed by atoms with van der Waals surface area (Å²) in [5.74, 6) is 0.102. The van der Waals surface area contributed by atoms with E-state index < -0.39 is 0 Å². The Bertz CT molecular complexity index is 564. The Labute approximate surface area is 107 Å². The lowest BCUT2D eigenvalue weighted by Gasteiger charge is -2.02. The van der Waals surface area contributed by atoms with Gasteiger partial charge in [0.15, 0.2) is 5.78 Å². The normalized spacial score (nSPS) is 9.72. The van der Waals surface area contributed by atoms with Crippen molar-refractivity contribution < 1.29 is 4.79 Å². The molecule has 0 fully saturated rings. The van der Waals surface area contributed by atoms with Gasteiger partial charge in [0, 0.05) is 12.0 Å². The molecule has 2 aromatic carbocycles. The standard InChI is InChI=1S/C16H13NO/c17-11-10-13-6-8-15(9-7-13)16(18)12-14-4-2-1-3-5-14/h1-9H,10,12H2. The minimum absolute atomic E-state index is 0.102. The van der Waals surface area contributed by atoms with E-state index in [1.807, 2.05) is 42.5 Å². The van der Waals surface area contributed by atoms with Gasteiger partial charge in [0.1, 0.15) is 0 Å². The van der Waals surface area contributed by atoms with Gasteiger partial charge in [0.05, 0.1) is 12.5 Å². The van der Waals surface area contributed by atoms with Crippen LogP contribution in [0.5, 0.6) is 0 Å². The Kier molecular flexibility index (Phi) is 3.88. The number of rotatable bonds is 4. The second kappa shape index (κ2) is 5.79. The summed E-state index contributed by atoms with van der Waals surface area (Å²) in [6, 6.07) is 19.0. The van der Waals surface area contributed by atoms with Crippen molar-refractivity contribution in [3.05, 3.63) is 71.3 Å². The number of nitrogens with zero attached hydrogens (tertiary/aromatic N) is 1. The average Bonchev–Trinajstić information content (AvgIpc) is 2.41. The highest BCUT2D eigenvalue weighted by atomic mass is 16.1. The molecule has 0 N–H and O–H groups in total. The first-order chi connectivity index (χ1) is 8.79. The Balaban J connectivity index is 2.08. The third kappa shape index (κ3) is 3.05. The number of nitriles is 1. The van der Waals surface area contributed by atoms with Crippen LogP contribution in [0.2, 0.25) is 0 Å². The molecule has 0 unspecified atom stereocenters. The number of hydrogen-bond acceptors (Lipinski definition) is 2. The highest BCUT2D eigenvalue weighted by Crippen LogP contribution is 2.09. The summed E-state index contributed by atoms with van der Waals surface area (Å²) < 4.78 is 0. The Morgan fingerprint density at radius 3 is 2.22 bits per heavy atom. The minimum Gasteiger partial charge on any atom is -0.294 e. The predicted octanol–water partition coefficient (Wildman–Crippen LogP) is 3.18. The fraction of sp³-hybridized carbons (Fsp3) is 0.125. The molecule has 0 spiro atoms. The smallest absolute Gasteiger partial charge is 0.167 e. The summed E-state index contributed by atoms with van der Waals surface area (Å²) in [6.07, 6.45) is 0.797. The van der Waals surface area contributed by atoms with E-state index in [4.69, 9.17) is 5.26 Å². The van der Waals surface area contributed by atoms with Gasteiger partial charge in [0.25, 0.3) is 0 Å². The monoisotopic (exact) mass is 235 g/mol. The van der Waals surface area contributed by atoms with Crippen LogP contribution in [-0.2, 0) is 12.8 Å². The summed E-state index contributed by atoms with van der Waals surface area (Å²) in [5.41, 5.74) is 2.65. The van der Waals surface area contributed by atoms with Gasteiger partial charge in [-0.05, 0) is 11.1 Å². The summed E-state index contributed by atoms with van der Waals surface area (Å²) in [7, 11) is 0. The van der Waals surface area contributed by atoms with Crippen molar-refractivity contribution in [1.29, 1.82) is 5.26 Å². The van der Waals surface area contributed by atoms with Crippen LogP contribution in [0.1, 0.15) is 21.5 Å². The van der Waals surface area contributed by atoms with Crippen LogP contribution in [0.15, 0.2) is 54.6 Å². The van der Waals surface area contributed by atoms with Crippen LogP contribution in [0, 0.1) is 11.3 Å². The Morgan fingerprint density at radius 2 is 1.61 bits per heavy atom. The van der Waals surface area contributed by atoms with E-state index in [-0.39, 0.29) is 5.78 Å². The van der Waals surface area contributed by atoms with Crippen molar-refractivity contribution in [2.45, 2.75) is 12.8 Å². The molecule has 2 heteroatoms. The predicted molar refractivity (Wildman–Crippen MR) is 70.2 cm³/mol. The number of Topliss-reactive ketones (excluding diaryl/α,β-unsaturated/α-hetero) is 1. The molecule has 0 radical (unpaired) electrons. The molecule has 0 aliphatic carbocycles. The average molecular weight is 235 g/mol. The van der Waals surface area contributed by atoms with Crippen LogP contribution < -0.4 is 0 Å². The third-order valence-electron chi connectivity index (χ3n) is 2.77. The molecule has 2 rings (SSSR count). The Morgan fingerprint density at radius 1 is 0.944 bits per heavy atom. The molecule has 0 aliphatic rings. The van der Waals surface area contributed by atoms with Crippen molar-refractivity contribution in [3.8, 4) is 6.07 Å². The van der Waals surface area contributed by atoms with Crippen LogP contribution in [-0.4, -0.2) is 5.78 Å². The highest BCUT2D eigenvalue weighted by Gasteiger charge is 2.06. The first-order valence-electron chi connectivity index (χ1n) is 5.82. The van der Waals surface area contributed by atoms with E-state index in [0.29, 0.717) is 18.4 Å². The number of hydrogen-bond donors (Lipinski definition) is 0. The number of ketones is 1. The molecular weight excluding hydrogens is 222 g/mol. The zero-order chi connectivity index (χ0) is 12.8. The zero-order valence-corrected chi connectivity index (χ0v) is 9.97. The molecule has 0 saturated carbocycles.